The summed E-state index contributed by atoms with van der Waals surface area (Å²) in [6.07, 6.45) is 2.97. The molecule has 0 amide bonds. The van der Waals surface area contributed by atoms with Crippen LogP contribution in [0.1, 0.15) is 56.6 Å². The number of benzene rings is 1. The van der Waals surface area contributed by atoms with Gasteiger partial charge in [0, 0.05) is 28.9 Å². The monoisotopic (exact) mass is 449 g/mol. The molecular formula is C21H21Cl2N3O2S. The molecule has 1 aliphatic heterocycles. The van der Waals surface area contributed by atoms with Crippen molar-refractivity contribution in [2.24, 2.45) is 0 Å². The molecule has 0 saturated carbocycles. The number of halogens is 2. The van der Waals surface area contributed by atoms with Gasteiger partial charge in [-0.1, -0.05) is 54.9 Å². The maximum Gasteiger partial charge on any atom is 0.257 e. The van der Waals surface area contributed by atoms with Crippen LogP contribution < -0.4 is 10.9 Å². The molecule has 152 valence electrons. The van der Waals surface area contributed by atoms with Gasteiger partial charge in [0.25, 0.3) is 5.56 Å². The highest BCUT2D eigenvalue weighted by Gasteiger charge is 2.38. The van der Waals surface area contributed by atoms with Gasteiger partial charge in [-0.2, -0.15) is 0 Å². The van der Waals surface area contributed by atoms with E-state index in [9.17, 15) is 9.59 Å². The lowest BCUT2D eigenvalue weighted by Crippen LogP contribution is -2.32. The Morgan fingerprint density at radius 2 is 2.03 bits per heavy atom. The number of H-pyrrole nitrogens is 1. The van der Waals surface area contributed by atoms with Crippen LogP contribution >= 0.6 is 35.0 Å². The summed E-state index contributed by atoms with van der Waals surface area (Å²) in [5, 5.41) is 5.01. The fraction of sp³-hybridized carbons (Fsp3) is 0.381. The summed E-state index contributed by atoms with van der Waals surface area (Å²) in [4.78, 5) is 33.6. The minimum atomic E-state index is -0.511. The zero-order valence-corrected chi connectivity index (χ0v) is 18.5. The highest BCUT2D eigenvalue weighted by molar-refractivity contribution is 7.99. The van der Waals surface area contributed by atoms with E-state index in [1.54, 1.807) is 12.1 Å². The minimum absolute atomic E-state index is 0.0536. The lowest BCUT2D eigenvalue weighted by atomic mass is 9.76. The molecule has 29 heavy (non-hydrogen) atoms. The van der Waals surface area contributed by atoms with E-state index < -0.39 is 5.92 Å². The molecule has 1 aromatic heterocycles. The molecule has 5 nitrogen and oxygen atoms in total. The van der Waals surface area contributed by atoms with E-state index in [1.165, 1.54) is 11.8 Å². The number of hydrogen-bond acceptors (Lipinski definition) is 5. The van der Waals surface area contributed by atoms with Crippen molar-refractivity contribution in [1.29, 1.82) is 0 Å². The average molecular weight is 450 g/mol. The number of nitrogens with zero attached hydrogens (tertiary/aromatic N) is 1. The maximum atomic E-state index is 13.1. The molecule has 1 aliphatic carbocycles. The molecule has 2 atom stereocenters. The first-order valence-electron chi connectivity index (χ1n) is 9.68. The Bertz CT molecular complexity index is 1080. The van der Waals surface area contributed by atoms with Crippen LogP contribution in [-0.2, 0) is 4.79 Å². The molecule has 8 heteroatoms. The fourth-order valence-electron chi connectivity index (χ4n) is 3.80. The summed E-state index contributed by atoms with van der Waals surface area (Å²) < 4.78 is 0. The first kappa shape index (κ1) is 20.5. The third kappa shape index (κ3) is 3.86. The summed E-state index contributed by atoms with van der Waals surface area (Å²) in [5.74, 6) is 0.0599. The third-order valence-electron chi connectivity index (χ3n) is 5.40. The van der Waals surface area contributed by atoms with Crippen molar-refractivity contribution >= 4 is 46.6 Å². The highest BCUT2D eigenvalue weighted by Crippen LogP contribution is 2.44. The van der Waals surface area contributed by atoms with Crippen molar-refractivity contribution < 1.29 is 4.79 Å². The normalized spacial score (nSPS) is 19.4. The molecule has 2 N–H and O–H groups in total. The largest absolute Gasteiger partial charge is 0.343 e. The third-order valence-corrected chi connectivity index (χ3v) is 7.29. The van der Waals surface area contributed by atoms with Crippen LogP contribution in [0.15, 0.2) is 39.4 Å². The first-order chi connectivity index (χ1) is 13.9. The predicted octanol–water partition coefficient (Wildman–Crippen LogP) is 5.53. The van der Waals surface area contributed by atoms with Crippen molar-refractivity contribution in [1.82, 2.24) is 9.97 Å². The van der Waals surface area contributed by atoms with Crippen LogP contribution in [0.5, 0.6) is 0 Å². The topological polar surface area (TPSA) is 74.8 Å². The second-order valence-electron chi connectivity index (χ2n) is 7.37. The number of anilines is 1. The predicted molar refractivity (Wildman–Crippen MR) is 118 cm³/mol. The Hall–Kier alpha value is -1.76. The van der Waals surface area contributed by atoms with Crippen molar-refractivity contribution in [2.45, 2.75) is 55.9 Å². The molecule has 0 radical (unpaired) electrons. The smallest absolute Gasteiger partial charge is 0.257 e. The van der Waals surface area contributed by atoms with E-state index in [-0.39, 0.29) is 11.3 Å². The minimum Gasteiger partial charge on any atom is -0.343 e. The Balaban J connectivity index is 1.90. The summed E-state index contributed by atoms with van der Waals surface area (Å²) in [5.41, 5.74) is 2.46. The molecule has 0 bridgehead atoms. The van der Waals surface area contributed by atoms with E-state index in [0.29, 0.717) is 43.8 Å². The van der Waals surface area contributed by atoms with Crippen molar-refractivity contribution in [2.75, 3.05) is 5.32 Å². The van der Waals surface area contributed by atoms with Crippen LogP contribution in [0, 0.1) is 0 Å². The SMILES string of the molecule is CCC(C)Sc1nc2c(c(=O)[nH]1)C(c1ccc(Cl)c(Cl)c1)C1=C(CCCC1=O)N2. The summed E-state index contributed by atoms with van der Waals surface area (Å²) in [6, 6.07) is 5.25. The van der Waals surface area contributed by atoms with Gasteiger partial charge < -0.3 is 10.3 Å². The molecule has 2 heterocycles. The average Bonchev–Trinajstić information content (AvgIpc) is 2.68. The number of aromatic nitrogens is 2. The standard InChI is InChI=1S/C21H21Cl2N3O2S/c1-3-10(2)29-21-25-19-18(20(28)26-21)16(11-7-8-12(22)13(23)9-11)17-14(24-19)5-4-6-15(17)27/h7-10,16H,3-6H2,1-2H3,(H2,24,25,26,28). The molecule has 1 aromatic carbocycles. The zero-order valence-electron chi connectivity index (χ0n) is 16.1. The van der Waals surface area contributed by atoms with Crippen LogP contribution in [0.2, 0.25) is 10.0 Å². The van der Waals surface area contributed by atoms with Crippen LogP contribution in [-0.4, -0.2) is 21.0 Å². The van der Waals surface area contributed by atoms with E-state index in [2.05, 4.69) is 29.1 Å². The van der Waals surface area contributed by atoms with Gasteiger partial charge in [-0.15, -0.1) is 0 Å². The number of Topliss-reactive ketones (excluding diaryl/α,β-unsaturated/α-hetero) is 1. The van der Waals surface area contributed by atoms with Gasteiger partial charge in [0.2, 0.25) is 0 Å². The molecule has 0 spiro atoms. The van der Waals surface area contributed by atoms with E-state index in [1.807, 2.05) is 6.07 Å². The van der Waals surface area contributed by atoms with Gasteiger partial charge in [0.1, 0.15) is 5.82 Å². The number of allylic oxidation sites excluding steroid dienone is 2. The van der Waals surface area contributed by atoms with Crippen LogP contribution in [0.4, 0.5) is 5.82 Å². The van der Waals surface area contributed by atoms with Crippen LogP contribution in [0.3, 0.4) is 0 Å². The van der Waals surface area contributed by atoms with E-state index in [0.717, 1.165) is 30.5 Å². The summed E-state index contributed by atoms with van der Waals surface area (Å²) in [7, 11) is 0. The molecule has 0 fully saturated rings. The molecule has 4 rings (SSSR count). The van der Waals surface area contributed by atoms with Gasteiger partial charge in [-0.3, -0.25) is 9.59 Å². The number of thioether (sulfide) groups is 1. The number of rotatable bonds is 4. The Labute approximate surface area is 183 Å². The second-order valence-corrected chi connectivity index (χ2v) is 9.61. The van der Waals surface area contributed by atoms with Gasteiger partial charge >= 0.3 is 0 Å². The van der Waals surface area contributed by atoms with E-state index in [4.69, 9.17) is 23.2 Å². The van der Waals surface area contributed by atoms with Crippen LogP contribution in [0.25, 0.3) is 0 Å². The Morgan fingerprint density at radius 3 is 2.76 bits per heavy atom. The number of carbonyl (C=O) groups excluding carboxylic acids is 1. The molecular weight excluding hydrogens is 429 g/mol. The molecule has 2 unspecified atom stereocenters. The Kier molecular flexibility index (Phi) is 5.78. The number of hydrogen-bond donors (Lipinski definition) is 2. The Morgan fingerprint density at radius 1 is 1.24 bits per heavy atom. The van der Waals surface area contributed by atoms with E-state index >= 15 is 0 Å². The van der Waals surface area contributed by atoms with Gasteiger partial charge in [-0.05, 0) is 37.0 Å². The van der Waals surface area contributed by atoms with Crippen molar-refractivity contribution in [3.8, 4) is 0 Å². The molecule has 0 saturated heterocycles. The fourth-order valence-corrected chi connectivity index (χ4v) is 4.95. The maximum absolute atomic E-state index is 13.1. The number of ketones is 1. The quantitative estimate of drug-likeness (QED) is 0.473. The first-order valence-corrected chi connectivity index (χ1v) is 11.3. The lowest BCUT2D eigenvalue weighted by Gasteiger charge is -2.33. The number of carbonyl (C=O) groups is 1. The zero-order chi connectivity index (χ0) is 20.7. The molecule has 2 aliphatic rings. The molecule has 2 aromatic rings. The van der Waals surface area contributed by atoms with Gasteiger partial charge in [-0.25, -0.2) is 4.98 Å². The highest BCUT2D eigenvalue weighted by atomic mass is 35.5. The summed E-state index contributed by atoms with van der Waals surface area (Å²) in [6.45, 7) is 4.19. The number of fused-ring (bicyclic) bond motifs is 1. The van der Waals surface area contributed by atoms with Crippen molar-refractivity contribution in [3.05, 3.63) is 61.0 Å². The summed E-state index contributed by atoms with van der Waals surface area (Å²) >= 11 is 13.9. The van der Waals surface area contributed by atoms with Crippen molar-refractivity contribution in [3.63, 3.8) is 0 Å². The second kappa shape index (κ2) is 8.17. The van der Waals surface area contributed by atoms with Gasteiger partial charge in [0.05, 0.1) is 15.6 Å². The number of nitrogens with one attached hydrogen (secondary N) is 2. The number of aromatic amines is 1. The van der Waals surface area contributed by atoms with Gasteiger partial charge in [0.15, 0.2) is 10.9 Å². The lowest BCUT2D eigenvalue weighted by molar-refractivity contribution is -0.116.